The third-order valence-corrected chi connectivity index (χ3v) is 13.0. The van der Waals surface area contributed by atoms with E-state index in [2.05, 4.69) is 74.6 Å². The summed E-state index contributed by atoms with van der Waals surface area (Å²) in [6.45, 7) is 3.55. The Labute approximate surface area is 428 Å². The Bertz CT molecular complexity index is 1400. The summed E-state index contributed by atoms with van der Waals surface area (Å²) in [5.41, 5.74) is 0. The molecule has 0 bridgehead atoms. The first kappa shape index (κ1) is 64.8. The van der Waals surface area contributed by atoms with E-state index in [1.807, 2.05) is 0 Å². The van der Waals surface area contributed by atoms with Gasteiger partial charge in [0, 0.05) is 13.0 Å². The average molecular weight is 1010 g/mol. The molecule has 11 atom stereocenters. The lowest BCUT2D eigenvalue weighted by atomic mass is 9.98. The lowest BCUT2D eigenvalue weighted by Gasteiger charge is -2.42. The molecule has 0 aromatic heterocycles. The molecule has 412 valence electrons. The molecular formula is C57H100O14. The Balaban J connectivity index is 1.75. The number of aliphatic hydroxyl groups is 7. The highest BCUT2D eigenvalue weighted by Gasteiger charge is 2.47. The van der Waals surface area contributed by atoms with Gasteiger partial charge in [-0.15, -0.1) is 0 Å². The van der Waals surface area contributed by atoms with Crippen molar-refractivity contribution in [2.45, 2.75) is 261 Å². The molecule has 2 aliphatic heterocycles. The Kier molecular flexibility index (Phi) is 40.2. The van der Waals surface area contributed by atoms with Crippen LogP contribution in [0.1, 0.15) is 194 Å². The molecule has 0 aromatic carbocycles. The van der Waals surface area contributed by atoms with Crippen molar-refractivity contribution in [2.75, 3.05) is 33.0 Å². The molecule has 2 heterocycles. The molecule has 2 aliphatic rings. The number of esters is 1. The number of hydrogen-bond donors (Lipinski definition) is 7. The van der Waals surface area contributed by atoms with Crippen molar-refractivity contribution in [3.63, 3.8) is 0 Å². The van der Waals surface area contributed by atoms with E-state index in [1.165, 1.54) is 83.5 Å². The van der Waals surface area contributed by atoms with E-state index >= 15 is 0 Å². The first-order chi connectivity index (χ1) is 34.6. The summed E-state index contributed by atoms with van der Waals surface area (Å²) in [5.74, 6) is -0.392. The fraction of sp³-hybridized carbons (Fsp3) is 0.807. The normalized spacial score (nSPS) is 25.8. The molecule has 11 unspecified atom stereocenters. The first-order valence-corrected chi connectivity index (χ1v) is 27.9. The van der Waals surface area contributed by atoms with Crippen molar-refractivity contribution in [1.29, 1.82) is 0 Å². The van der Waals surface area contributed by atoms with Gasteiger partial charge in [-0.05, 0) is 77.0 Å². The highest BCUT2D eigenvalue weighted by atomic mass is 16.7. The zero-order valence-electron chi connectivity index (χ0n) is 43.9. The van der Waals surface area contributed by atoms with Gasteiger partial charge < -0.3 is 64.2 Å². The van der Waals surface area contributed by atoms with Crippen molar-refractivity contribution in [3.8, 4) is 0 Å². The van der Waals surface area contributed by atoms with Crippen LogP contribution >= 0.6 is 0 Å². The Morgan fingerprint density at radius 2 is 0.915 bits per heavy atom. The molecular weight excluding hydrogens is 909 g/mol. The number of ether oxygens (including phenoxy) is 6. The number of rotatable bonds is 44. The van der Waals surface area contributed by atoms with Crippen LogP contribution in [0.2, 0.25) is 0 Å². The summed E-state index contributed by atoms with van der Waals surface area (Å²) in [5, 5.41) is 72.3. The van der Waals surface area contributed by atoms with Gasteiger partial charge in [0.15, 0.2) is 12.6 Å². The Morgan fingerprint density at radius 1 is 0.479 bits per heavy atom. The van der Waals surface area contributed by atoms with Gasteiger partial charge in [-0.25, -0.2) is 0 Å². The topological polar surface area (TPSA) is 214 Å². The van der Waals surface area contributed by atoms with E-state index in [4.69, 9.17) is 28.4 Å². The summed E-state index contributed by atoms with van der Waals surface area (Å²) in [6.07, 6.45) is 37.0. The van der Waals surface area contributed by atoms with Gasteiger partial charge in [0.05, 0.1) is 26.4 Å². The van der Waals surface area contributed by atoms with Gasteiger partial charge in [0.2, 0.25) is 0 Å². The van der Waals surface area contributed by atoms with E-state index in [0.717, 1.165) is 83.5 Å². The van der Waals surface area contributed by atoms with Crippen LogP contribution in [0.15, 0.2) is 60.8 Å². The summed E-state index contributed by atoms with van der Waals surface area (Å²) < 4.78 is 34.3. The maximum Gasteiger partial charge on any atom is 0.306 e. The van der Waals surface area contributed by atoms with Gasteiger partial charge in [0.1, 0.15) is 54.9 Å². The van der Waals surface area contributed by atoms with E-state index in [0.29, 0.717) is 13.0 Å². The first-order valence-electron chi connectivity index (χ1n) is 27.9. The second kappa shape index (κ2) is 44.0. The number of hydrogen-bond acceptors (Lipinski definition) is 14. The molecule has 0 aliphatic carbocycles. The average Bonchev–Trinajstić information content (AvgIpc) is 3.37. The molecule has 2 saturated heterocycles. The van der Waals surface area contributed by atoms with Crippen molar-refractivity contribution in [3.05, 3.63) is 60.8 Å². The highest BCUT2D eigenvalue weighted by molar-refractivity contribution is 5.69. The van der Waals surface area contributed by atoms with Crippen LogP contribution in [0.4, 0.5) is 0 Å². The molecule has 0 radical (unpaired) electrons. The largest absolute Gasteiger partial charge is 0.457 e. The van der Waals surface area contributed by atoms with Gasteiger partial charge in [-0.3, -0.25) is 4.79 Å². The van der Waals surface area contributed by atoms with E-state index in [-0.39, 0.29) is 19.6 Å². The van der Waals surface area contributed by atoms with E-state index in [1.54, 1.807) is 0 Å². The molecule has 2 rings (SSSR count). The maximum atomic E-state index is 13.1. The summed E-state index contributed by atoms with van der Waals surface area (Å²) in [6, 6.07) is 0. The number of allylic oxidation sites excluding steroid dienone is 10. The highest BCUT2D eigenvalue weighted by Crippen LogP contribution is 2.26. The lowest BCUT2D eigenvalue weighted by molar-refractivity contribution is -0.332. The SMILES string of the molecule is CC/C=C\C/C=C\C/C=C\C/C=C\CCCCCCCCC(=O)OC(COCCCCCCCCCC/C=C\CCCCCCCC)COC1OC(COC2OC(CO)C(O)C(O)C2O)C(O)C(O)C1O. The Morgan fingerprint density at radius 3 is 1.45 bits per heavy atom. The van der Waals surface area contributed by atoms with Crippen molar-refractivity contribution in [1.82, 2.24) is 0 Å². The third-order valence-electron chi connectivity index (χ3n) is 13.0. The number of aliphatic hydroxyl groups excluding tert-OH is 7. The zero-order chi connectivity index (χ0) is 51.6. The van der Waals surface area contributed by atoms with Crippen LogP contribution in [0.5, 0.6) is 0 Å². The van der Waals surface area contributed by atoms with Gasteiger partial charge >= 0.3 is 5.97 Å². The smallest absolute Gasteiger partial charge is 0.306 e. The van der Waals surface area contributed by atoms with Crippen molar-refractivity contribution >= 4 is 5.97 Å². The monoisotopic (exact) mass is 1010 g/mol. The molecule has 0 amide bonds. The van der Waals surface area contributed by atoms with Crippen LogP contribution in [-0.4, -0.2) is 142 Å². The van der Waals surface area contributed by atoms with Crippen LogP contribution in [0.25, 0.3) is 0 Å². The fourth-order valence-corrected chi connectivity index (χ4v) is 8.51. The number of unbranched alkanes of at least 4 members (excludes halogenated alkanes) is 20. The summed E-state index contributed by atoms with van der Waals surface area (Å²) in [4.78, 5) is 13.1. The van der Waals surface area contributed by atoms with Crippen LogP contribution in [0.3, 0.4) is 0 Å². The second-order valence-corrected chi connectivity index (χ2v) is 19.4. The van der Waals surface area contributed by atoms with Gasteiger partial charge in [0.25, 0.3) is 0 Å². The predicted molar refractivity (Wildman–Crippen MR) is 279 cm³/mol. The van der Waals surface area contributed by atoms with Crippen LogP contribution in [0, 0.1) is 0 Å². The van der Waals surface area contributed by atoms with Crippen LogP contribution in [-0.2, 0) is 33.2 Å². The molecule has 2 fully saturated rings. The van der Waals surface area contributed by atoms with Crippen molar-refractivity contribution < 1.29 is 69.0 Å². The zero-order valence-corrected chi connectivity index (χ0v) is 43.9. The number of carbonyl (C=O) groups is 1. The van der Waals surface area contributed by atoms with Crippen molar-refractivity contribution in [2.24, 2.45) is 0 Å². The molecule has 0 saturated carbocycles. The minimum Gasteiger partial charge on any atom is -0.457 e. The second-order valence-electron chi connectivity index (χ2n) is 19.4. The third kappa shape index (κ3) is 31.2. The molecule has 0 spiro atoms. The van der Waals surface area contributed by atoms with Gasteiger partial charge in [-0.2, -0.15) is 0 Å². The minimum atomic E-state index is -1.71. The summed E-state index contributed by atoms with van der Waals surface area (Å²) in [7, 11) is 0. The minimum absolute atomic E-state index is 0.0517. The molecule has 7 N–H and O–H groups in total. The lowest BCUT2D eigenvalue weighted by Crippen LogP contribution is -2.61. The molecule has 14 nitrogen and oxygen atoms in total. The van der Waals surface area contributed by atoms with Crippen LogP contribution < -0.4 is 0 Å². The summed E-state index contributed by atoms with van der Waals surface area (Å²) >= 11 is 0. The molecule has 14 heteroatoms. The predicted octanol–water partition coefficient (Wildman–Crippen LogP) is 9.30. The molecule has 71 heavy (non-hydrogen) atoms. The standard InChI is InChI=1S/C57H100O14/c1-3-5-7-9-11-13-15-17-19-21-23-24-26-28-30-32-34-36-38-40-49(59)69-46(43-66-41-39-37-35-33-31-29-27-25-22-20-18-16-14-12-10-8-6-4-2)44-67-56-55(65)53(63)51(61)48(71-56)45-68-57-54(64)52(62)50(60)47(42-58)70-57/h5,7,11,13,17-20,23-24,46-48,50-58,60-65H,3-4,6,8-10,12,14-16,21-22,25-45H2,1-2H3/b7-5-,13-11-,19-17-,20-18-,24-23-. The molecule has 0 aromatic rings. The number of carbonyl (C=O) groups excluding carboxylic acids is 1. The van der Waals surface area contributed by atoms with E-state index < -0.39 is 86.7 Å². The van der Waals surface area contributed by atoms with Gasteiger partial charge in [-0.1, -0.05) is 171 Å². The fourth-order valence-electron chi connectivity index (χ4n) is 8.51. The van der Waals surface area contributed by atoms with E-state index in [9.17, 15) is 40.5 Å². The quantitative estimate of drug-likeness (QED) is 0.0172. The Hall–Kier alpha value is -2.31. The maximum absolute atomic E-state index is 13.1.